The predicted molar refractivity (Wildman–Crippen MR) is 65.7 cm³/mol. The molecular formula is C10H23N5. The molecule has 0 spiro atoms. The van der Waals surface area contributed by atoms with Gasteiger partial charge in [-0.2, -0.15) is 4.99 Å². The van der Waals surface area contributed by atoms with Crippen molar-refractivity contribution >= 4 is 11.9 Å². The molecule has 0 aromatic carbocycles. The van der Waals surface area contributed by atoms with E-state index < -0.39 is 0 Å². The van der Waals surface area contributed by atoms with Gasteiger partial charge < -0.3 is 17.2 Å². The van der Waals surface area contributed by atoms with Crippen molar-refractivity contribution in [2.45, 2.75) is 52.0 Å². The fourth-order valence-corrected chi connectivity index (χ4v) is 1.32. The average Bonchev–Trinajstić information content (AvgIpc) is 2.10. The van der Waals surface area contributed by atoms with E-state index in [0.717, 1.165) is 6.42 Å². The van der Waals surface area contributed by atoms with Gasteiger partial charge in [-0.1, -0.05) is 32.6 Å². The third-order valence-corrected chi connectivity index (χ3v) is 2.07. The summed E-state index contributed by atoms with van der Waals surface area (Å²) in [5.41, 5.74) is 15.9. The van der Waals surface area contributed by atoms with Gasteiger partial charge in [0.1, 0.15) is 0 Å². The van der Waals surface area contributed by atoms with Crippen LogP contribution in [0.1, 0.15) is 46.0 Å². The molecular weight excluding hydrogens is 190 g/mol. The second-order valence-corrected chi connectivity index (χ2v) is 3.72. The van der Waals surface area contributed by atoms with Gasteiger partial charge in [0.25, 0.3) is 0 Å². The third kappa shape index (κ3) is 9.05. The van der Waals surface area contributed by atoms with Gasteiger partial charge in [-0.3, -0.25) is 0 Å². The second kappa shape index (κ2) is 8.08. The van der Waals surface area contributed by atoms with Gasteiger partial charge in [0, 0.05) is 0 Å². The van der Waals surface area contributed by atoms with Crippen LogP contribution in [-0.2, 0) is 0 Å². The summed E-state index contributed by atoms with van der Waals surface area (Å²) in [7, 11) is 0. The summed E-state index contributed by atoms with van der Waals surface area (Å²) in [6.07, 6.45) is 5.97. The Morgan fingerprint density at radius 3 is 2.33 bits per heavy atom. The lowest BCUT2D eigenvalue weighted by Gasteiger charge is -2.05. The number of aliphatic imine (C=N–C) groups is 2. The van der Waals surface area contributed by atoms with E-state index in [-0.39, 0.29) is 18.0 Å². The normalized spacial score (nSPS) is 13.6. The lowest BCUT2D eigenvalue weighted by molar-refractivity contribution is 0.576. The number of nitrogens with zero attached hydrogens (tertiary/aromatic N) is 2. The molecule has 88 valence electrons. The quantitative estimate of drug-likeness (QED) is 0.347. The number of hydrogen-bond acceptors (Lipinski definition) is 1. The second-order valence-electron chi connectivity index (χ2n) is 3.72. The molecule has 0 aromatic heterocycles. The fourth-order valence-electron chi connectivity index (χ4n) is 1.32. The lowest BCUT2D eigenvalue weighted by Crippen LogP contribution is -2.27. The number of nitrogens with two attached hydrogens (primary N) is 3. The Labute approximate surface area is 91.8 Å². The van der Waals surface area contributed by atoms with Gasteiger partial charge in [-0.05, 0) is 13.3 Å². The fraction of sp³-hybridized carbons (Fsp3) is 0.800. The molecule has 0 saturated carbocycles. The first-order valence-electron chi connectivity index (χ1n) is 5.49. The zero-order chi connectivity index (χ0) is 11.7. The first kappa shape index (κ1) is 13.7. The Kier molecular flexibility index (Phi) is 7.40. The predicted octanol–water partition coefficient (Wildman–Crippen LogP) is 0.933. The Balaban J connectivity index is 3.80. The summed E-state index contributed by atoms with van der Waals surface area (Å²) in [6.45, 7) is 4.21. The van der Waals surface area contributed by atoms with Gasteiger partial charge >= 0.3 is 0 Å². The van der Waals surface area contributed by atoms with Crippen molar-refractivity contribution in [1.82, 2.24) is 0 Å². The molecule has 0 aliphatic carbocycles. The molecule has 6 N–H and O–H groups in total. The maximum absolute atomic E-state index is 5.51. The van der Waals surface area contributed by atoms with Crippen molar-refractivity contribution in [3.63, 3.8) is 0 Å². The number of unbranched alkanes of at least 4 members (excludes halogenated alkanes) is 3. The highest BCUT2D eigenvalue weighted by atomic mass is 15.1. The molecule has 0 aliphatic heterocycles. The van der Waals surface area contributed by atoms with E-state index in [9.17, 15) is 0 Å². The minimum atomic E-state index is -0.0468. The van der Waals surface area contributed by atoms with Crippen LogP contribution < -0.4 is 17.2 Å². The van der Waals surface area contributed by atoms with Crippen molar-refractivity contribution < 1.29 is 0 Å². The molecule has 0 radical (unpaired) electrons. The summed E-state index contributed by atoms with van der Waals surface area (Å²) in [5.74, 6) is 0.118. The number of guanidine groups is 2. The summed E-state index contributed by atoms with van der Waals surface area (Å²) < 4.78 is 0. The molecule has 0 aromatic rings. The summed E-state index contributed by atoms with van der Waals surface area (Å²) in [5, 5.41) is 0. The van der Waals surface area contributed by atoms with E-state index in [1.807, 2.05) is 6.92 Å². The topological polar surface area (TPSA) is 103 Å². The number of hydrogen-bond donors (Lipinski definition) is 3. The zero-order valence-corrected chi connectivity index (χ0v) is 9.74. The van der Waals surface area contributed by atoms with E-state index >= 15 is 0 Å². The van der Waals surface area contributed by atoms with E-state index in [2.05, 4.69) is 16.9 Å². The molecule has 0 bridgehead atoms. The van der Waals surface area contributed by atoms with E-state index in [1.165, 1.54) is 25.7 Å². The van der Waals surface area contributed by atoms with Crippen LogP contribution in [0.3, 0.4) is 0 Å². The maximum Gasteiger partial charge on any atom is 0.218 e. The number of rotatable bonds is 6. The van der Waals surface area contributed by atoms with Crippen molar-refractivity contribution in [2.75, 3.05) is 0 Å². The molecule has 0 rings (SSSR count). The van der Waals surface area contributed by atoms with Crippen molar-refractivity contribution in [3.8, 4) is 0 Å². The van der Waals surface area contributed by atoms with E-state index in [1.54, 1.807) is 0 Å². The molecule has 15 heavy (non-hydrogen) atoms. The Bertz CT molecular complexity index is 218. The lowest BCUT2D eigenvalue weighted by atomic mass is 10.1. The molecule has 1 atom stereocenters. The Morgan fingerprint density at radius 1 is 1.13 bits per heavy atom. The van der Waals surface area contributed by atoms with Crippen LogP contribution in [0, 0.1) is 0 Å². The standard InChI is InChI=1S/C10H23N5/c1-3-4-5-6-7-8(2)14-10(13)15-9(11)12/h8H,3-7H2,1-2H3,(H6,11,12,13,14,15). The molecule has 0 heterocycles. The summed E-state index contributed by atoms with van der Waals surface area (Å²) >= 11 is 0. The van der Waals surface area contributed by atoms with Crippen LogP contribution in [0.15, 0.2) is 9.98 Å². The first-order valence-corrected chi connectivity index (χ1v) is 5.49. The zero-order valence-electron chi connectivity index (χ0n) is 9.74. The smallest absolute Gasteiger partial charge is 0.218 e. The van der Waals surface area contributed by atoms with Gasteiger partial charge in [-0.25, -0.2) is 4.99 Å². The van der Waals surface area contributed by atoms with Crippen LogP contribution in [0.2, 0.25) is 0 Å². The first-order chi connectivity index (χ1) is 7.06. The van der Waals surface area contributed by atoms with Crippen LogP contribution in [0.5, 0.6) is 0 Å². The molecule has 0 aliphatic rings. The van der Waals surface area contributed by atoms with Gasteiger partial charge in [-0.15, -0.1) is 0 Å². The SMILES string of the molecule is CCCCCCC(C)N=C(N)N=C(N)N. The largest absolute Gasteiger partial charge is 0.370 e. The highest BCUT2D eigenvalue weighted by Gasteiger charge is 2.00. The molecule has 5 nitrogen and oxygen atoms in total. The van der Waals surface area contributed by atoms with Crippen LogP contribution >= 0.6 is 0 Å². The molecule has 0 fully saturated rings. The summed E-state index contributed by atoms with van der Waals surface area (Å²) in [6, 6.07) is 0.185. The highest BCUT2D eigenvalue weighted by Crippen LogP contribution is 2.07. The maximum atomic E-state index is 5.51. The van der Waals surface area contributed by atoms with Crippen LogP contribution in [-0.4, -0.2) is 18.0 Å². The summed E-state index contributed by atoms with van der Waals surface area (Å²) in [4.78, 5) is 7.82. The Morgan fingerprint density at radius 2 is 1.80 bits per heavy atom. The van der Waals surface area contributed by atoms with Gasteiger partial charge in [0.15, 0.2) is 5.96 Å². The third-order valence-electron chi connectivity index (χ3n) is 2.07. The van der Waals surface area contributed by atoms with Gasteiger partial charge in [0.2, 0.25) is 5.96 Å². The van der Waals surface area contributed by atoms with Crippen molar-refractivity contribution in [3.05, 3.63) is 0 Å². The molecule has 0 amide bonds. The monoisotopic (exact) mass is 213 g/mol. The van der Waals surface area contributed by atoms with E-state index in [4.69, 9.17) is 17.2 Å². The highest BCUT2D eigenvalue weighted by molar-refractivity contribution is 5.92. The van der Waals surface area contributed by atoms with Crippen LogP contribution in [0.25, 0.3) is 0 Å². The van der Waals surface area contributed by atoms with Crippen LogP contribution in [0.4, 0.5) is 0 Å². The minimum Gasteiger partial charge on any atom is -0.370 e. The van der Waals surface area contributed by atoms with Crippen molar-refractivity contribution in [1.29, 1.82) is 0 Å². The van der Waals surface area contributed by atoms with Gasteiger partial charge in [0.05, 0.1) is 6.04 Å². The van der Waals surface area contributed by atoms with Crippen molar-refractivity contribution in [2.24, 2.45) is 27.2 Å². The molecule has 5 heteroatoms. The Hall–Kier alpha value is -1.26. The molecule has 0 saturated heterocycles. The van der Waals surface area contributed by atoms with E-state index in [0.29, 0.717) is 0 Å². The molecule has 1 unspecified atom stereocenters. The average molecular weight is 213 g/mol. The minimum absolute atomic E-state index is 0.0468.